The van der Waals surface area contributed by atoms with E-state index in [-0.39, 0.29) is 17.5 Å². The van der Waals surface area contributed by atoms with Crippen molar-refractivity contribution in [2.75, 3.05) is 14.2 Å². The van der Waals surface area contributed by atoms with Crippen LogP contribution in [-0.2, 0) is 9.53 Å². The third kappa shape index (κ3) is 4.19. The summed E-state index contributed by atoms with van der Waals surface area (Å²) in [5, 5.41) is 2.92. The Morgan fingerprint density at radius 3 is 2.17 bits per heavy atom. The summed E-state index contributed by atoms with van der Waals surface area (Å²) in [6.45, 7) is 3.41. The minimum absolute atomic E-state index is 0.193. The summed E-state index contributed by atoms with van der Waals surface area (Å²) in [6.07, 6.45) is 3.37. The first-order valence-corrected chi connectivity index (χ1v) is 8.20. The summed E-state index contributed by atoms with van der Waals surface area (Å²) < 4.78 is 15.8. The average Bonchev–Trinajstić information content (AvgIpc) is 3.07. The van der Waals surface area contributed by atoms with Gasteiger partial charge in [-0.05, 0) is 38.8 Å². The van der Waals surface area contributed by atoms with Crippen LogP contribution < -0.4 is 14.8 Å². The topological polar surface area (TPSA) is 73.9 Å². The van der Waals surface area contributed by atoms with Gasteiger partial charge in [-0.1, -0.05) is 12.8 Å². The van der Waals surface area contributed by atoms with Crippen molar-refractivity contribution in [1.82, 2.24) is 5.32 Å². The minimum atomic E-state index is -0.851. The largest absolute Gasteiger partial charge is 0.496 e. The minimum Gasteiger partial charge on any atom is -0.496 e. The molecule has 0 saturated heterocycles. The van der Waals surface area contributed by atoms with Gasteiger partial charge in [0.15, 0.2) is 6.10 Å². The fraction of sp³-hybridized carbons (Fsp3) is 0.556. The van der Waals surface area contributed by atoms with Gasteiger partial charge in [-0.2, -0.15) is 0 Å². The second-order valence-electron chi connectivity index (χ2n) is 6.04. The summed E-state index contributed by atoms with van der Waals surface area (Å²) >= 11 is 0. The van der Waals surface area contributed by atoms with Crippen molar-refractivity contribution < 1.29 is 23.8 Å². The van der Waals surface area contributed by atoms with E-state index < -0.39 is 12.1 Å². The highest BCUT2D eigenvalue weighted by molar-refractivity contribution is 5.93. The molecule has 24 heavy (non-hydrogen) atoms. The van der Waals surface area contributed by atoms with Gasteiger partial charge in [0.1, 0.15) is 11.5 Å². The van der Waals surface area contributed by atoms with Gasteiger partial charge in [-0.25, -0.2) is 4.79 Å². The van der Waals surface area contributed by atoms with E-state index in [1.54, 1.807) is 19.1 Å². The first-order chi connectivity index (χ1) is 11.5. The number of benzene rings is 1. The van der Waals surface area contributed by atoms with Gasteiger partial charge >= 0.3 is 5.97 Å². The van der Waals surface area contributed by atoms with E-state index in [0.29, 0.717) is 11.5 Å². The van der Waals surface area contributed by atoms with Crippen LogP contribution in [0.3, 0.4) is 0 Å². The standard InChI is InChI=1S/C18H25NO5/c1-11-15(22-3)9-13(10-16(11)23-4)18(21)24-12(2)17(20)19-14-7-5-6-8-14/h9-10,12,14H,5-8H2,1-4H3,(H,19,20). The summed E-state index contributed by atoms with van der Waals surface area (Å²) in [7, 11) is 3.04. The van der Waals surface area contributed by atoms with Crippen LogP contribution in [0, 0.1) is 6.92 Å². The molecule has 1 aromatic rings. The number of carbonyl (C=O) groups excluding carboxylic acids is 2. The molecule has 1 unspecified atom stereocenters. The van der Waals surface area contributed by atoms with Crippen molar-refractivity contribution in [2.45, 2.75) is 51.7 Å². The van der Waals surface area contributed by atoms with Gasteiger partial charge in [0, 0.05) is 11.6 Å². The van der Waals surface area contributed by atoms with Crippen molar-refractivity contribution in [3.05, 3.63) is 23.3 Å². The molecule has 6 heteroatoms. The van der Waals surface area contributed by atoms with Crippen LogP contribution in [0.2, 0.25) is 0 Å². The number of esters is 1. The number of amides is 1. The molecule has 6 nitrogen and oxygen atoms in total. The molecule has 0 radical (unpaired) electrons. The van der Waals surface area contributed by atoms with Gasteiger partial charge in [0.2, 0.25) is 0 Å². The third-order valence-corrected chi connectivity index (χ3v) is 4.34. The predicted octanol–water partition coefficient (Wildman–Crippen LogP) is 2.62. The van der Waals surface area contributed by atoms with Crippen LogP contribution in [0.25, 0.3) is 0 Å². The molecular weight excluding hydrogens is 310 g/mol. The van der Waals surface area contributed by atoms with Crippen LogP contribution in [0.5, 0.6) is 11.5 Å². The molecule has 132 valence electrons. The zero-order chi connectivity index (χ0) is 17.7. The number of hydrogen-bond donors (Lipinski definition) is 1. The highest BCUT2D eigenvalue weighted by Crippen LogP contribution is 2.29. The lowest BCUT2D eigenvalue weighted by atomic mass is 10.1. The van der Waals surface area contributed by atoms with Crippen molar-refractivity contribution in [3.63, 3.8) is 0 Å². The average molecular weight is 335 g/mol. The second kappa shape index (κ2) is 8.04. The molecule has 1 atom stereocenters. The van der Waals surface area contributed by atoms with Crippen LogP contribution in [0.15, 0.2) is 12.1 Å². The Hall–Kier alpha value is -2.24. The van der Waals surface area contributed by atoms with E-state index in [9.17, 15) is 9.59 Å². The zero-order valence-corrected chi connectivity index (χ0v) is 14.7. The molecule has 0 heterocycles. The molecule has 1 aliphatic rings. The molecule has 1 aromatic carbocycles. The Bertz CT molecular complexity index is 582. The number of hydrogen-bond acceptors (Lipinski definition) is 5. The van der Waals surface area contributed by atoms with E-state index >= 15 is 0 Å². The Labute approximate surface area is 142 Å². The first kappa shape index (κ1) is 18.1. The lowest BCUT2D eigenvalue weighted by Crippen LogP contribution is -2.40. The number of ether oxygens (including phenoxy) is 3. The van der Waals surface area contributed by atoms with Gasteiger partial charge in [0.25, 0.3) is 5.91 Å². The number of carbonyl (C=O) groups is 2. The molecule has 0 aliphatic heterocycles. The highest BCUT2D eigenvalue weighted by atomic mass is 16.5. The van der Waals surface area contributed by atoms with Crippen molar-refractivity contribution in [2.24, 2.45) is 0 Å². The number of nitrogens with one attached hydrogen (secondary N) is 1. The first-order valence-electron chi connectivity index (χ1n) is 8.20. The smallest absolute Gasteiger partial charge is 0.339 e. The SMILES string of the molecule is COc1cc(C(=O)OC(C)C(=O)NC2CCCC2)cc(OC)c1C. The fourth-order valence-corrected chi connectivity index (χ4v) is 2.87. The normalized spacial score (nSPS) is 15.7. The number of rotatable bonds is 6. The van der Waals surface area contributed by atoms with Crippen molar-refractivity contribution in [3.8, 4) is 11.5 Å². The molecule has 1 N–H and O–H groups in total. The van der Waals surface area contributed by atoms with E-state index in [1.807, 2.05) is 6.92 Å². The number of methoxy groups -OCH3 is 2. The second-order valence-corrected chi connectivity index (χ2v) is 6.04. The molecule has 1 saturated carbocycles. The molecule has 2 rings (SSSR count). The Morgan fingerprint density at radius 1 is 1.12 bits per heavy atom. The van der Waals surface area contributed by atoms with Crippen LogP contribution in [0.4, 0.5) is 0 Å². The molecule has 1 aliphatic carbocycles. The maximum Gasteiger partial charge on any atom is 0.339 e. The van der Waals surface area contributed by atoms with Gasteiger partial charge < -0.3 is 19.5 Å². The summed E-state index contributed by atoms with van der Waals surface area (Å²) in [5.74, 6) is 0.218. The quantitative estimate of drug-likeness (QED) is 0.809. The monoisotopic (exact) mass is 335 g/mol. The van der Waals surface area contributed by atoms with Crippen LogP contribution in [0.1, 0.15) is 48.5 Å². The summed E-state index contributed by atoms with van der Waals surface area (Å²) in [6, 6.07) is 3.36. The van der Waals surface area contributed by atoms with Crippen molar-refractivity contribution >= 4 is 11.9 Å². The maximum absolute atomic E-state index is 12.3. The Morgan fingerprint density at radius 2 is 1.67 bits per heavy atom. The molecule has 1 amide bonds. The Kier molecular flexibility index (Phi) is 6.06. The van der Waals surface area contributed by atoms with Crippen LogP contribution >= 0.6 is 0 Å². The lowest BCUT2D eigenvalue weighted by molar-refractivity contribution is -0.129. The maximum atomic E-state index is 12.3. The molecule has 0 aromatic heterocycles. The van der Waals surface area contributed by atoms with E-state index in [2.05, 4.69) is 5.32 Å². The van der Waals surface area contributed by atoms with E-state index in [1.165, 1.54) is 14.2 Å². The molecule has 1 fully saturated rings. The van der Waals surface area contributed by atoms with E-state index in [0.717, 1.165) is 31.2 Å². The van der Waals surface area contributed by atoms with Gasteiger partial charge in [-0.3, -0.25) is 4.79 Å². The van der Waals surface area contributed by atoms with Gasteiger partial charge in [-0.15, -0.1) is 0 Å². The Balaban J connectivity index is 2.04. The lowest BCUT2D eigenvalue weighted by Gasteiger charge is -2.18. The third-order valence-electron chi connectivity index (χ3n) is 4.34. The summed E-state index contributed by atoms with van der Waals surface area (Å²) in [5.41, 5.74) is 1.08. The van der Waals surface area contributed by atoms with Crippen LogP contribution in [-0.4, -0.2) is 38.2 Å². The van der Waals surface area contributed by atoms with Crippen molar-refractivity contribution in [1.29, 1.82) is 0 Å². The summed E-state index contributed by atoms with van der Waals surface area (Å²) in [4.78, 5) is 24.5. The van der Waals surface area contributed by atoms with Gasteiger partial charge in [0.05, 0.1) is 19.8 Å². The predicted molar refractivity (Wildman–Crippen MR) is 89.6 cm³/mol. The van der Waals surface area contributed by atoms with E-state index in [4.69, 9.17) is 14.2 Å². The molecular formula is C18H25NO5. The molecule has 0 spiro atoms. The molecule has 0 bridgehead atoms. The zero-order valence-electron chi connectivity index (χ0n) is 14.7. The fourth-order valence-electron chi connectivity index (χ4n) is 2.87. The highest BCUT2D eigenvalue weighted by Gasteiger charge is 2.24.